The summed E-state index contributed by atoms with van der Waals surface area (Å²) in [6, 6.07) is 4.92. The van der Waals surface area contributed by atoms with Crippen LogP contribution in [0.15, 0.2) is 41.3 Å². The number of hydrogen-bond donors (Lipinski definition) is 3. The van der Waals surface area contributed by atoms with Crippen molar-refractivity contribution in [2.45, 2.75) is 74.1 Å². The molecule has 0 saturated heterocycles. The van der Waals surface area contributed by atoms with Gasteiger partial charge in [-0.1, -0.05) is 6.07 Å². The molecule has 0 heterocycles. The van der Waals surface area contributed by atoms with E-state index in [2.05, 4.69) is 10.6 Å². The largest absolute Gasteiger partial charge is 0.501 e. The van der Waals surface area contributed by atoms with E-state index in [0.29, 0.717) is 38.2 Å². The number of carbonyl (C=O) groups excluding carboxylic acids is 2. The number of ether oxygens (including phenoxy) is 3. The monoisotopic (exact) mass is 674 g/mol. The molecule has 0 radical (unpaired) electrons. The van der Waals surface area contributed by atoms with E-state index in [1.807, 2.05) is 0 Å². The molecule has 11 nitrogen and oxygen atoms in total. The molecule has 0 spiro atoms. The number of sulfone groups is 1. The van der Waals surface area contributed by atoms with Gasteiger partial charge in [0, 0.05) is 18.9 Å². The molecule has 252 valence electrons. The maximum absolute atomic E-state index is 15.0. The zero-order valence-electron chi connectivity index (χ0n) is 25.1. The number of carbonyl (C=O) groups is 3. The van der Waals surface area contributed by atoms with Crippen LogP contribution < -0.4 is 20.1 Å². The van der Waals surface area contributed by atoms with E-state index >= 15 is 0 Å². The number of alkyl halides is 3. The Bertz CT molecular complexity index is 1590. The number of anilines is 1. The number of aliphatic carboxylic acids is 1. The maximum Gasteiger partial charge on any atom is 0.501 e. The molecule has 0 aromatic heterocycles. The van der Waals surface area contributed by atoms with Crippen LogP contribution in [0.3, 0.4) is 0 Å². The number of amides is 2. The van der Waals surface area contributed by atoms with Crippen LogP contribution in [0.4, 0.5) is 23.2 Å². The highest BCUT2D eigenvalue weighted by atomic mass is 32.2. The molecule has 2 unspecified atom stereocenters. The van der Waals surface area contributed by atoms with Crippen LogP contribution in [0.2, 0.25) is 0 Å². The SMILES string of the molecule is COc1cc(F)c(OC2CCC(C)(C(=O)O)CC2)cc1C(=O)NC1C(C(=O)Nc2cccc(S(=O)(=O)C(F)(F)F)c2)CC[C@H]1OC. The number of hydrogen-bond acceptors (Lipinski definition) is 8. The summed E-state index contributed by atoms with van der Waals surface area (Å²) < 4.78 is 94.3. The molecule has 2 fully saturated rings. The smallest absolute Gasteiger partial charge is 0.496 e. The molecule has 2 saturated carbocycles. The standard InChI is InChI=1S/C30H34F4N2O9S/c1-29(28(39)40)11-9-17(10-12-29)45-24-14-20(23(44-3)15-21(24)31)27(38)36-25-19(7-8-22(25)43-2)26(37)35-16-5-4-6-18(13-16)46(41,42)30(32,33)34/h4-6,13-15,17,19,22,25H,7-12H2,1-3H3,(H,35,37)(H,36,38)(H,39,40)/t17?,19?,22-,25?,29?/m1/s1. The predicted octanol–water partition coefficient (Wildman–Crippen LogP) is 4.70. The van der Waals surface area contributed by atoms with Gasteiger partial charge in [0.05, 0.1) is 47.2 Å². The maximum atomic E-state index is 15.0. The third-order valence-electron chi connectivity index (χ3n) is 8.59. The first kappa shape index (κ1) is 34.9. The van der Waals surface area contributed by atoms with E-state index in [1.54, 1.807) is 6.92 Å². The van der Waals surface area contributed by atoms with Gasteiger partial charge in [0.2, 0.25) is 5.91 Å². The van der Waals surface area contributed by atoms with Crippen molar-refractivity contribution in [1.29, 1.82) is 0 Å². The van der Waals surface area contributed by atoms with Crippen molar-refractivity contribution in [3.63, 3.8) is 0 Å². The Kier molecular flexibility index (Phi) is 10.2. The summed E-state index contributed by atoms with van der Waals surface area (Å²) in [5.41, 5.74) is -6.76. The van der Waals surface area contributed by atoms with Crippen LogP contribution in [-0.4, -0.2) is 69.3 Å². The second kappa shape index (κ2) is 13.4. The van der Waals surface area contributed by atoms with Crippen LogP contribution >= 0.6 is 0 Å². The summed E-state index contributed by atoms with van der Waals surface area (Å²) in [7, 11) is -3.05. The Hall–Kier alpha value is -3.92. The van der Waals surface area contributed by atoms with E-state index in [0.717, 1.165) is 24.3 Å². The molecule has 2 aromatic rings. The lowest BCUT2D eigenvalue weighted by atomic mass is 9.75. The van der Waals surface area contributed by atoms with Gasteiger partial charge in [0.15, 0.2) is 11.6 Å². The van der Waals surface area contributed by atoms with Crippen LogP contribution in [0.1, 0.15) is 55.8 Å². The van der Waals surface area contributed by atoms with E-state index in [-0.39, 0.29) is 29.2 Å². The Morgan fingerprint density at radius 2 is 1.67 bits per heavy atom. The summed E-state index contributed by atoms with van der Waals surface area (Å²) in [4.78, 5) is 37.3. The van der Waals surface area contributed by atoms with Gasteiger partial charge in [-0.05, 0) is 69.7 Å². The zero-order chi connectivity index (χ0) is 34.0. The van der Waals surface area contributed by atoms with E-state index in [1.165, 1.54) is 20.3 Å². The minimum Gasteiger partial charge on any atom is -0.496 e. The van der Waals surface area contributed by atoms with Gasteiger partial charge in [-0.2, -0.15) is 13.2 Å². The minimum atomic E-state index is -5.66. The van der Waals surface area contributed by atoms with Gasteiger partial charge < -0.3 is 30.0 Å². The summed E-state index contributed by atoms with van der Waals surface area (Å²) >= 11 is 0. The number of benzene rings is 2. The fraction of sp³-hybridized carbons (Fsp3) is 0.500. The lowest BCUT2D eigenvalue weighted by Crippen LogP contribution is -2.48. The molecule has 2 amide bonds. The third-order valence-corrected chi connectivity index (χ3v) is 10.1. The van der Waals surface area contributed by atoms with Crippen LogP contribution in [-0.2, 0) is 24.2 Å². The molecular formula is C30H34F4N2O9S. The summed E-state index contributed by atoms with van der Waals surface area (Å²) in [6.07, 6.45) is 0.759. The summed E-state index contributed by atoms with van der Waals surface area (Å²) in [6.45, 7) is 1.64. The molecule has 4 rings (SSSR count). The molecule has 2 aromatic carbocycles. The predicted molar refractivity (Wildman–Crippen MR) is 155 cm³/mol. The first-order valence-electron chi connectivity index (χ1n) is 14.3. The average Bonchev–Trinajstić information content (AvgIpc) is 3.41. The summed E-state index contributed by atoms with van der Waals surface area (Å²) in [5.74, 6) is -4.49. The van der Waals surface area contributed by atoms with Crippen molar-refractivity contribution in [1.82, 2.24) is 5.32 Å². The van der Waals surface area contributed by atoms with Gasteiger partial charge in [0.25, 0.3) is 15.7 Å². The van der Waals surface area contributed by atoms with E-state index in [4.69, 9.17) is 14.2 Å². The van der Waals surface area contributed by atoms with Crippen molar-refractivity contribution >= 4 is 33.3 Å². The molecule has 3 N–H and O–H groups in total. The first-order chi connectivity index (χ1) is 21.5. The molecule has 16 heteroatoms. The number of carboxylic acid groups (broad SMARTS) is 1. The fourth-order valence-electron chi connectivity index (χ4n) is 5.76. The highest BCUT2D eigenvalue weighted by Crippen LogP contribution is 2.39. The molecule has 3 atom stereocenters. The number of methoxy groups -OCH3 is 2. The topological polar surface area (TPSA) is 157 Å². The highest BCUT2D eigenvalue weighted by Gasteiger charge is 2.47. The van der Waals surface area contributed by atoms with Crippen molar-refractivity contribution in [2.24, 2.45) is 11.3 Å². The van der Waals surface area contributed by atoms with Gasteiger partial charge >= 0.3 is 11.5 Å². The number of rotatable bonds is 10. The minimum absolute atomic E-state index is 0.115. The third kappa shape index (κ3) is 7.22. The Labute approximate surface area is 262 Å². The van der Waals surface area contributed by atoms with E-state index in [9.17, 15) is 45.5 Å². The van der Waals surface area contributed by atoms with Crippen LogP contribution in [0, 0.1) is 17.2 Å². The highest BCUT2D eigenvalue weighted by molar-refractivity contribution is 7.92. The van der Waals surface area contributed by atoms with Crippen molar-refractivity contribution in [3.05, 3.63) is 47.8 Å². The Morgan fingerprint density at radius 1 is 1.00 bits per heavy atom. The Balaban J connectivity index is 1.52. The lowest BCUT2D eigenvalue weighted by molar-refractivity contribution is -0.150. The average molecular weight is 675 g/mol. The molecular weight excluding hydrogens is 640 g/mol. The normalized spacial score (nSPS) is 25.0. The van der Waals surface area contributed by atoms with Crippen molar-refractivity contribution in [2.75, 3.05) is 19.5 Å². The van der Waals surface area contributed by atoms with Gasteiger partial charge in [-0.15, -0.1) is 0 Å². The fourth-order valence-corrected chi connectivity index (χ4v) is 6.57. The van der Waals surface area contributed by atoms with Crippen LogP contribution in [0.5, 0.6) is 11.5 Å². The van der Waals surface area contributed by atoms with Crippen molar-refractivity contribution in [3.8, 4) is 11.5 Å². The first-order valence-corrected chi connectivity index (χ1v) is 15.8. The second-order valence-electron chi connectivity index (χ2n) is 11.6. The van der Waals surface area contributed by atoms with Gasteiger partial charge in [-0.3, -0.25) is 14.4 Å². The zero-order valence-corrected chi connectivity index (χ0v) is 26.0. The van der Waals surface area contributed by atoms with Crippen molar-refractivity contribution < 1.29 is 59.7 Å². The van der Waals surface area contributed by atoms with E-state index < -0.39 is 73.4 Å². The molecule has 2 aliphatic rings. The Morgan fingerprint density at radius 3 is 2.26 bits per heavy atom. The number of nitrogens with one attached hydrogen (secondary N) is 2. The molecule has 2 aliphatic carbocycles. The molecule has 46 heavy (non-hydrogen) atoms. The number of carboxylic acids is 1. The number of halogens is 4. The van der Waals surface area contributed by atoms with Gasteiger partial charge in [0.1, 0.15) is 5.75 Å². The second-order valence-corrected chi connectivity index (χ2v) is 13.5. The summed E-state index contributed by atoms with van der Waals surface area (Å²) in [5, 5.41) is 14.6. The quantitative estimate of drug-likeness (QED) is 0.304. The lowest BCUT2D eigenvalue weighted by Gasteiger charge is -2.34. The van der Waals surface area contributed by atoms with Crippen LogP contribution in [0.25, 0.3) is 0 Å². The molecule has 0 bridgehead atoms. The van der Waals surface area contributed by atoms with Gasteiger partial charge in [-0.25, -0.2) is 12.8 Å². The molecule has 0 aliphatic heterocycles.